The minimum atomic E-state index is 0.796. The molecule has 1 rings (SSSR count). The first-order chi connectivity index (χ1) is 2.89. The van der Waals surface area contributed by atoms with Crippen molar-refractivity contribution in [3.63, 3.8) is 0 Å². The van der Waals surface area contributed by atoms with Gasteiger partial charge in [-0.05, 0) is 13.0 Å². The van der Waals surface area contributed by atoms with Crippen molar-refractivity contribution < 1.29 is 0 Å². The lowest BCUT2D eigenvalue weighted by molar-refractivity contribution is 0.931. The van der Waals surface area contributed by atoms with E-state index in [0.717, 1.165) is 6.85 Å². The van der Waals surface area contributed by atoms with Crippen LogP contribution >= 0.6 is 0 Å². The van der Waals surface area contributed by atoms with E-state index in [9.17, 15) is 0 Å². The molecule has 6 heavy (non-hydrogen) atoms. The Morgan fingerprint density at radius 3 is 2.67 bits per heavy atom. The largest absolute Gasteiger partial charge is 0.356 e. The van der Waals surface area contributed by atoms with Gasteiger partial charge in [0.25, 0.3) is 0 Å². The average molecular weight is 82.9 g/mol. The molecule has 0 aliphatic carbocycles. The van der Waals surface area contributed by atoms with Crippen LogP contribution in [0.4, 0.5) is 0 Å². The van der Waals surface area contributed by atoms with Crippen molar-refractivity contribution in [2.24, 2.45) is 0 Å². The predicted molar refractivity (Wildman–Crippen MR) is 29.0 cm³/mol. The maximum atomic E-state index is 3.32. The molecule has 1 nitrogen and oxygen atoms in total. The third-order valence-corrected chi connectivity index (χ3v) is 1.31. The van der Waals surface area contributed by atoms with E-state index in [1.807, 2.05) is 0 Å². The second kappa shape index (κ2) is 1.65. The van der Waals surface area contributed by atoms with Crippen molar-refractivity contribution in [1.82, 2.24) is 5.23 Å². The van der Waals surface area contributed by atoms with Crippen LogP contribution < -0.4 is 5.23 Å². The van der Waals surface area contributed by atoms with Gasteiger partial charge in [0.05, 0.1) is 0 Å². The zero-order chi connectivity index (χ0) is 4.41. The standard InChI is InChI=1S/C4H10BN/c1-5-3-2-4-6-5/h6H,2-4H2,1H3. The lowest BCUT2D eigenvalue weighted by Gasteiger charge is -1.89. The van der Waals surface area contributed by atoms with Crippen LogP contribution in [0.3, 0.4) is 0 Å². The summed E-state index contributed by atoms with van der Waals surface area (Å²) in [4.78, 5) is 0. The normalized spacial score (nSPS) is 22.5. The Bertz CT molecular complexity index is 40.8. The minimum absolute atomic E-state index is 0.796. The van der Waals surface area contributed by atoms with Gasteiger partial charge < -0.3 is 5.23 Å². The Morgan fingerprint density at radius 1 is 1.67 bits per heavy atom. The summed E-state index contributed by atoms with van der Waals surface area (Å²) in [7, 11) is 0. The SMILES string of the molecule is CB1CCCN1. The van der Waals surface area contributed by atoms with Crippen LogP contribution in [-0.4, -0.2) is 13.4 Å². The summed E-state index contributed by atoms with van der Waals surface area (Å²) in [6.07, 6.45) is 2.75. The molecule has 1 aliphatic rings. The third kappa shape index (κ3) is 0.746. The molecule has 0 amide bonds. The summed E-state index contributed by atoms with van der Waals surface area (Å²) in [6.45, 7) is 4.26. The number of hydrogen-bond acceptors (Lipinski definition) is 1. The van der Waals surface area contributed by atoms with Gasteiger partial charge in [-0.25, -0.2) is 0 Å². The third-order valence-electron chi connectivity index (χ3n) is 1.31. The lowest BCUT2D eigenvalue weighted by Crippen LogP contribution is -2.21. The Balaban J connectivity index is 2.18. The predicted octanol–water partition coefficient (Wildman–Crippen LogP) is 0.601. The first kappa shape index (κ1) is 4.19. The van der Waals surface area contributed by atoms with Gasteiger partial charge in [-0.15, -0.1) is 0 Å². The zero-order valence-electron chi connectivity index (χ0n) is 4.20. The molecule has 1 aliphatic heterocycles. The van der Waals surface area contributed by atoms with E-state index in [1.165, 1.54) is 19.3 Å². The van der Waals surface area contributed by atoms with E-state index in [-0.39, 0.29) is 0 Å². The molecule has 1 fully saturated rings. The maximum Gasteiger partial charge on any atom is 0.217 e. The molecule has 0 spiro atoms. The van der Waals surface area contributed by atoms with Crippen molar-refractivity contribution >= 4 is 6.85 Å². The Kier molecular flexibility index (Phi) is 1.15. The average Bonchev–Trinajstić information content (AvgIpc) is 1.86. The molecule has 1 N–H and O–H groups in total. The van der Waals surface area contributed by atoms with E-state index < -0.39 is 0 Å². The maximum absolute atomic E-state index is 3.32. The van der Waals surface area contributed by atoms with Crippen LogP contribution in [0, 0.1) is 0 Å². The van der Waals surface area contributed by atoms with Crippen LogP contribution in [-0.2, 0) is 0 Å². The van der Waals surface area contributed by atoms with Crippen molar-refractivity contribution in [1.29, 1.82) is 0 Å². The fraction of sp³-hybridized carbons (Fsp3) is 1.00. The second-order valence-corrected chi connectivity index (χ2v) is 2.00. The molecule has 0 bridgehead atoms. The fourth-order valence-electron chi connectivity index (χ4n) is 0.859. The molecule has 0 atom stereocenters. The molecule has 0 aromatic carbocycles. The molecule has 2 heteroatoms. The minimum Gasteiger partial charge on any atom is -0.356 e. The quantitative estimate of drug-likeness (QED) is 0.423. The van der Waals surface area contributed by atoms with Crippen LogP contribution in [0.25, 0.3) is 0 Å². The molecule has 0 radical (unpaired) electrons. The van der Waals surface area contributed by atoms with E-state index >= 15 is 0 Å². The highest BCUT2D eigenvalue weighted by molar-refractivity contribution is 6.55. The highest BCUT2D eigenvalue weighted by Gasteiger charge is 2.10. The van der Waals surface area contributed by atoms with Crippen molar-refractivity contribution in [3.8, 4) is 0 Å². The van der Waals surface area contributed by atoms with Gasteiger partial charge in [0, 0.05) is 0 Å². The fourth-order valence-corrected chi connectivity index (χ4v) is 0.859. The molecule has 34 valence electrons. The van der Waals surface area contributed by atoms with Gasteiger partial charge in [-0.2, -0.15) is 0 Å². The number of hydrogen-bond donors (Lipinski definition) is 1. The van der Waals surface area contributed by atoms with Gasteiger partial charge >= 0.3 is 0 Å². The molecule has 0 unspecified atom stereocenters. The molecule has 0 aromatic heterocycles. The number of nitrogens with one attached hydrogen (secondary N) is 1. The van der Waals surface area contributed by atoms with Crippen LogP contribution in [0.5, 0.6) is 0 Å². The summed E-state index contributed by atoms with van der Waals surface area (Å²) in [5.74, 6) is 0. The van der Waals surface area contributed by atoms with Gasteiger partial charge in [0.1, 0.15) is 0 Å². The lowest BCUT2D eigenvalue weighted by atomic mass is 9.65. The van der Waals surface area contributed by atoms with Gasteiger partial charge in [0.15, 0.2) is 0 Å². The van der Waals surface area contributed by atoms with E-state index in [2.05, 4.69) is 12.1 Å². The van der Waals surface area contributed by atoms with E-state index in [4.69, 9.17) is 0 Å². The highest BCUT2D eigenvalue weighted by atomic mass is 14.8. The zero-order valence-corrected chi connectivity index (χ0v) is 4.20. The molecule has 0 aromatic rings. The molecule has 1 heterocycles. The van der Waals surface area contributed by atoms with Gasteiger partial charge in [-0.3, -0.25) is 0 Å². The van der Waals surface area contributed by atoms with Gasteiger partial charge in [-0.1, -0.05) is 13.1 Å². The summed E-state index contributed by atoms with van der Waals surface area (Å²) in [5.41, 5.74) is 0. The van der Waals surface area contributed by atoms with Gasteiger partial charge in [0.2, 0.25) is 6.85 Å². The first-order valence-electron chi connectivity index (χ1n) is 2.63. The smallest absolute Gasteiger partial charge is 0.217 e. The summed E-state index contributed by atoms with van der Waals surface area (Å²) >= 11 is 0. The second-order valence-electron chi connectivity index (χ2n) is 2.00. The molecular weight excluding hydrogens is 72.9 g/mol. The highest BCUT2D eigenvalue weighted by Crippen LogP contribution is 1.99. The van der Waals surface area contributed by atoms with Crippen LogP contribution in [0.1, 0.15) is 6.42 Å². The Hall–Kier alpha value is 0.0249. The van der Waals surface area contributed by atoms with E-state index in [1.54, 1.807) is 0 Å². The topological polar surface area (TPSA) is 12.0 Å². The van der Waals surface area contributed by atoms with Crippen LogP contribution in [0.15, 0.2) is 0 Å². The van der Waals surface area contributed by atoms with Crippen molar-refractivity contribution in [2.45, 2.75) is 19.6 Å². The van der Waals surface area contributed by atoms with Crippen molar-refractivity contribution in [2.75, 3.05) is 6.54 Å². The first-order valence-corrected chi connectivity index (χ1v) is 2.63. The summed E-state index contributed by atoms with van der Waals surface area (Å²) in [6, 6.07) is 0. The van der Waals surface area contributed by atoms with E-state index in [0.29, 0.717) is 0 Å². The summed E-state index contributed by atoms with van der Waals surface area (Å²) in [5, 5.41) is 3.32. The summed E-state index contributed by atoms with van der Waals surface area (Å²) < 4.78 is 0. The molecule has 1 saturated heterocycles. The Labute approximate surface area is 39.2 Å². The van der Waals surface area contributed by atoms with Crippen molar-refractivity contribution in [3.05, 3.63) is 0 Å². The molecular formula is C4H10BN. The Morgan fingerprint density at radius 2 is 2.50 bits per heavy atom. The number of rotatable bonds is 0. The van der Waals surface area contributed by atoms with Crippen LogP contribution in [0.2, 0.25) is 13.1 Å². The monoisotopic (exact) mass is 83.1 g/mol. The molecule has 0 saturated carbocycles.